The summed E-state index contributed by atoms with van der Waals surface area (Å²) in [6.45, 7) is 2.64. The first-order valence-corrected chi connectivity index (χ1v) is 14.8. The van der Waals surface area contributed by atoms with E-state index in [1.54, 1.807) is 11.9 Å². The van der Waals surface area contributed by atoms with Gasteiger partial charge in [-0.3, -0.25) is 9.35 Å². The quantitative estimate of drug-likeness (QED) is 0.0958. The maximum atomic E-state index is 12.0. The van der Waals surface area contributed by atoms with Gasteiger partial charge in [-0.2, -0.15) is 8.42 Å². The zero-order valence-electron chi connectivity index (χ0n) is 21.0. The van der Waals surface area contributed by atoms with Crippen molar-refractivity contribution < 1.29 is 17.8 Å². The maximum absolute atomic E-state index is 12.0. The Hall–Kier alpha value is -0.880. The van der Waals surface area contributed by atoms with Gasteiger partial charge in [-0.1, -0.05) is 96.1 Å². The van der Waals surface area contributed by atoms with E-state index in [1.807, 2.05) is 0 Å². The average Bonchev–Trinajstić information content (AvgIpc) is 2.74. The summed E-state index contributed by atoms with van der Waals surface area (Å²) in [5.74, 6) is -0.237. The molecule has 0 spiro atoms. The van der Waals surface area contributed by atoms with E-state index in [1.165, 1.54) is 96.3 Å². The predicted molar refractivity (Wildman–Crippen MR) is 137 cm³/mol. The molecule has 0 radical (unpaired) electrons. The Kier molecular flexibility index (Phi) is 21.3. The van der Waals surface area contributed by atoms with Gasteiger partial charge >= 0.3 is 0 Å². The number of carbonyl (C=O) groups is 1. The average molecular weight is 474 g/mol. The largest absolute Gasteiger partial charge is 0.346 e. The lowest BCUT2D eigenvalue weighted by atomic mass is 10.1. The summed E-state index contributed by atoms with van der Waals surface area (Å²) in [6.07, 6.45) is 27.3. The van der Waals surface area contributed by atoms with Crippen molar-refractivity contribution >= 4 is 16.0 Å². The van der Waals surface area contributed by atoms with Crippen LogP contribution in [-0.4, -0.2) is 43.1 Å². The fraction of sp³-hybridized carbons (Fsp3) is 0.885. The molecule has 6 heteroatoms. The molecule has 0 aliphatic carbocycles. The maximum Gasteiger partial charge on any atom is 0.264 e. The van der Waals surface area contributed by atoms with Gasteiger partial charge in [0.1, 0.15) is 0 Å². The van der Waals surface area contributed by atoms with Gasteiger partial charge in [0.25, 0.3) is 10.1 Å². The van der Waals surface area contributed by atoms with Gasteiger partial charge in [-0.05, 0) is 38.5 Å². The summed E-state index contributed by atoms with van der Waals surface area (Å²) in [5, 5.41) is 0. The topological polar surface area (TPSA) is 74.7 Å². The minimum atomic E-state index is -3.93. The van der Waals surface area contributed by atoms with Gasteiger partial charge in [0.2, 0.25) is 5.91 Å². The van der Waals surface area contributed by atoms with E-state index in [0.29, 0.717) is 13.0 Å². The van der Waals surface area contributed by atoms with Crippen LogP contribution in [0.4, 0.5) is 0 Å². The molecule has 0 rings (SSSR count). The normalized spacial score (nSPS) is 12.0. The molecule has 0 fully saturated rings. The molecule has 0 aliphatic rings. The van der Waals surface area contributed by atoms with E-state index in [9.17, 15) is 13.2 Å². The van der Waals surface area contributed by atoms with Crippen LogP contribution in [0.25, 0.3) is 0 Å². The number of carbonyl (C=O) groups excluding carboxylic acids is 1. The van der Waals surface area contributed by atoms with Crippen molar-refractivity contribution in [3.05, 3.63) is 12.2 Å². The highest BCUT2D eigenvalue weighted by Crippen LogP contribution is 2.12. The molecule has 0 heterocycles. The summed E-state index contributed by atoms with van der Waals surface area (Å²) in [6, 6.07) is 0. The summed E-state index contributed by atoms with van der Waals surface area (Å²) < 4.78 is 30.1. The summed E-state index contributed by atoms with van der Waals surface area (Å²) in [4.78, 5) is 13.6. The molecule has 0 aromatic heterocycles. The number of rotatable bonds is 23. The van der Waals surface area contributed by atoms with E-state index in [2.05, 4.69) is 19.1 Å². The second-order valence-electron chi connectivity index (χ2n) is 9.20. The van der Waals surface area contributed by atoms with Gasteiger partial charge in [-0.25, -0.2) is 0 Å². The summed E-state index contributed by atoms with van der Waals surface area (Å²) in [7, 11) is -2.24. The molecule has 0 saturated heterocycles. The van der Waals surface area contributed by atoms with Crippen molar-refractivity contribution in [1.29, 1.82) is 0 Å². The molecule has 0 aromatic carbocycles. The molecule has 0 aromatic rings. The number of amides is 1. The minimum Gasteiger partial charge on any atom is -0.346 e. The molecule has 0 aliphatic heterocycles. The van der Waals surface area contributed by atoms with Crippen LogP contribution in [0.15, 0.2) is 12.2 Å². The van der Waals surface area contributed by atoms with Gasteiger partial charge < -0.3 is 4.90 Å². The van der Waals surface area contributed by atoms with Crippen LogP contribution in [0, 0.1) is 0 Å². The van der Waals surface area contributed by atoms with Crippen LogP contribution in [0.1, 0.15) is 129 Å². The second kappa shape index (κ2) is 21.9. The molecule has 1 N–H and O–H groups in total. The Balaban J connectivity index is 3.35. The highest BCUT2D eigenvalue weighted by atomic mass is 32.2. The van der Waals surface area contributed by atoms with Crippen LogP contribution < -0.4 is 0 Å². The first-order valence-electron chi connectivity index (χ1n) is 13.2. The van der Waals surface area contributed by atoms with Crippen LogP contribution in [0.3, 0.4) is 0 Å². The number of nitrogens with zero attached hydrogens (tertiary/aromatic N) is 1. The standard InChI is InChI=1S/C26H51NO4S/c1-3-4-5-6-7-8-9-10-11-12-13-14-15-16-17-18-19-20-21-23-26(28)27(2)24-22-25-32(29,30)31/h12-13H,3-11,14-25H2,1-2H3,(H,29,30,31)/b13-12+. The third-order valence-corrected chi connectivity index (χ3v) is 6.78. The fourth-order valence-corrected chi connectivity index (χ4v) is 4.35. The van der Waals surface area contributed by atoms with Gasteiger partial charge in [-0.15, -0.1) is 0 Å². The van der Waals surface area contributed by atoms with E-state index < -0.39 is 10.1 Å². The molecule has 1 amide bonds. The first-order chi connectivity index (χ1) is 15.4. The number of hydrogen-bond acceptors (Lipinski definition) is 3. The molecule has 0 saturated carbocycles. The lowest BCUT2D eigenvalue weighted by Crippen LogP contribution is -2.28. The lowest BCUT2D eigenvalue weighted by molar-refractivity contribution is -0.130. The van der Waals surface area contributed by atoms with Gasteiger partial charge in [0, 0.05) is 20.0 Å². The number of hydrogen-bond donors (Lipinski definition) is 1. The highest BCUT2D eigenvalue weighted by Gasteiger charge is 2.10. The third kappa shape index (κ3) is 23.8. The SMILES string of the molecule is CCCCCCCCCC/C=C/CCCCCCCCCC(=O)N(C)CCCS(=O)(=O)O. The predicted octanol–water partition coefficient (Wildman–Crippen LogP) is 7.32. The van der Waals surface area contributed by atoms with E-state index in [-0.39, 0.29) is 18.1 Å². The second-order valence-corrected chi connectivity index (χ2v) is 10.8. The zero-order chi connectivity index (χ0) is 23.9. The fourth-order valence-electron chi connectivity index (χ4n) is 3.85. The summed E-state index contributed by atoms with van der Waals surface area (Å²) in [5.41, 5.74) is 0. The number of unbranched alkanes of at least 4 members (excludes halogenated alkanes) is 15. The molecule has 0 atom stereocenters. The lowest BCUT2D eigenvalue weighted by Gasteiger charge is -2.16. The Morgan fingerprint density at radius 3 is 1.62 bits per heavy atom. The van der Waals surface area contributed by atoms with Crippen LogP contribution in [-0.2, 0) is 14.9 Å². The van der Waals surface area contributed by atoms with E-state index in [0.717, 1.165) is 12.8 Å². The zero-order valence-corrected chi connectivity index (χ0v) is 21.8. The smallest absolute Gasteiger partial charge is 0.264 e. The van der Waals surface area contributed by atoms with Crippen molar-refractivity contribution in [2.45, 2.75) is 129 Å². The van der Waals surface area contributed by atoms with E-state index >= 15 is 0 Å². The van der Waals surface area contributed by atoms with Crippen molar-refractivity contribution in [2.75, 3.05) is 19.3 Å². The van der Waals surface area contributed by atoms with Crippen molar-refractivity contribution in [3.8, 4) is 0 Å². The third-order valence-electron chi connectivity index (χ3n) is 5.97. The van der Waals surface area contributed by atoms with Crippen LogP contribution in [0.2, 0.25) is 0 Å². The molecule has 0 bridgehead atoms. The van der Waals surface area contributed by atoms with Gasteiger partial charge in [0.05, 0.1) is 5.75 Å². The van der Waals surface area contributed by atoms with Crippen molar-refractivity contribution in [3.63, 3.8) is 0 Å². The Labute approximate surface area is 199 Å². The van der Waals surface area contributed by atoms with Crippen molar-refractivity contribution in [2.24, 2.45) is 0 Å². The van der Waals surface area contributed by atoms with Gasteiger partial charge in [0.15, 0.2) is 0 Å². The molecular formula is C26H51NO4S. The summed E-state index contributed by atoms with van der Waals surface area (Å²) >= 11 is 0. The van der Waals surface area contributed by atoms with Crippen LogP contribution >= 0.6 is 0 Å². The highest BCUT2D eigenvalue weighted by molar-refractivity contribution is 7.85. The Morgan fingerprint density at radius 2 is 1.16 bits per heavy atom. The molecule has 32 heavy (non-hydrogen) atoms. The molecular weight excluding hydrogens is 422 g/mol. The molecule has 5 nitrogen and oxygen atoms in total. The molecule has 190 valence electrons. The minimum absolute atomic E-state index is 0.0547. The first kappa shape index (κ1) is 31.1. The number of allylic oxidation sites excluding steroid dienone is 2. The van der Waals surface area contributed by atoms with Crippen LogP contribution in [0.5, 0.6) is 0 Å². The van der Waals surface area contributed by atoms with Crippen molar-refractivity contribution in [1.82, 2.24) is 4.90 Å². The van der Waals surface area contributed by atoms with E-state index in [4.69, 9.17) is 4.55 Å². The Bertz CT molecular complexity index is 560. The Morgan fingerprint density at radius 1 is 0.719 bits per heavy atom. The molecule has 0 unspecified atom stereocenters. The monoisotopic (exact) mass is 473 g/mol.